The van der Waals surface area contributed by atoms with Crippen molar-refractivity contribution in [2.75, 3.05) is 25.0 Å². The average Bonchev–Trinajstić information content (AvgIpc) is 3.34. The second kappa shape index (κ2) is 8.84. The van der Waals surface area contributed by atoms with Crippen molar-refractivity contribution >= 4 is 26.7 Å². The van der Waals surface area contributed by atoms with Crippen LogP contribution >= 0.6 is 0 Å². The van der Waals surface area contributed by atoms with E-state index in [-0.39, 0.29) is 10.9 Å². The Kier molecular flexibility index (Phi) is 5.74. The second-order valence-corrected chi connectivity index (χ2v) is 10.0. The predicted molar refractivity (Wildman–Crippen MR) is 127 cm³/mol. The van der Waals surface area contributed by atoms with Crippen LogP contribution in [0.1, 0.15) is 12.8 Å². The quantitative estimate of drug-likeness (QED) is 0.464. The summed E-state index contributed by atoms with van der Waals surface area (Å²) in [6, 6.07) is 15.9. The molecule has 1 saturated heterocycles. The van der Waals surface area contributed by atoms with E-state index in [1.807, 2.05) is 31.4 Å². The first-order valence-electron chi connectivity index (χ1n) is 10.9. The molecule has 1 atom stereocenters. The van der Waals surface area contributed by atoms with Gasteiger partial charge in [-0.2, -0.15) is 4.31 Å². The summed E-state index contributed by atoms with van der Waals surface area (Å²) in [7, 11) is -1.59. The van der Waals surface area contributed by atoms with Gasteiger partial charge < -0.3 is 14.6 Å². The standard InChI is InChI=1S/C24H25N5O3S/c1-28(22-12-15-27-24-21(22)11-14-26-24)18-5-4-16-29(17-18)33(30,31)20-9-7-19(8-10-20)32-23-6-2-3-13-25-23/h2-3,6-15,18H,4-5,16-17H2,1H3,(H,26,27). The number of H-pyrrole nitrogens is 1. The fourth-order valence-corrected chi connectivity index (χ4v) is 5.78. The predicted octanol–water partition coefficient (Wildman–Crippen LogP) is 4.04. The van der Waals surface area contributed by atoms with Crippen LogP contribution in [-0.2, 0) is 10.0 Å². The Bertz CT molecular complexity index is 1340. The van der Waals surface area contributed by atoms with Gasteiger partial charge in [-0.05, 0) is 55.3 Å². The first kappa shape index (κ1) is 21.4. The van der Waals surface area contributed by atoms with Crippen LogP contribution in [-0.4, -0.2) is 53.9 Å². The monoisotopic (exact) mass is 463 g/mol. The van der Waals surface area contributed by atoms with Gasteiger partial charge in [-0.15, -0.1) is 0 Å². The molecule has 170 valence electrons. The van der Waals surface area contributed by atoms with Crippen LogP contribution < -0.4 is 9.64 Å². The lowest BCUT2D eigenvalue weighted by Crippen LogP contribution is -2.48. The molecule has 0 saturated carbocycles. The molecule has 5 rings (SSSR count). The summed E-state index contributed by atoms with van der Waals surface area (Å²) in [5.74, 6) is 1.000. The van der Waals surface area contributed by atoms with Gasteiger partial charge in [-0.1, -0.05) is 6.07 Å². The molecule has 1 aliphatic heterocycles. The zero-order valence-corrected chi connectivity index (χ0v) is 19.1. The minimum atomic E-state index is -3.61. The lowest BCUT2D eigenvalue weighted by Gasteiger charge is -2.38. The number of piperidine rings is 1. The van der Waals surface area contributed by atoms with Crippen molar-refractivity contribution in [3.63, 3.8) is 0 Å². The fraction of sp³-hybridized carbons (Fsp3) is 0.250. The molecule has 0 aliphatic carbocycles. The highest BCUT2D eigenvalue weighted by molar-refractivity contribution is 7.89. The minimum absolute atomic E-state index is 0.0702. The van der Waals surface area contributed by atoms with Crippen molar-refractivity contribution in [3.05, 3.63) is 73.2 Å². The topological polar surface area (TPSA) is 91.4 Å². The summed E-state index contributed by atoms with van der Waals surface area (Å²) in [4.78, 5) is 14.0. The molecule has 1 N–H and O–H groups in total. The molecule has 3 aromatic heterocycles. The lowest BCUT2D eigenvalue weighted by molar-refractivity contribution is 0.310. The number of aromatic nitrogens is 3. The summed E-state index contributed by atoms with van der Waals surface area (Å²) in [5.41, 5.74) is 1.87. The molecule has 4 heterocycles. The number of aromatic amines is 1. The number of hydrogen-bond donors (Lipinski definition) is 1. The fourth-order valence-electron chi connectivity index (χ4n) is 4.26. The van der Waals surface area contributed by atoms with Crippen molar-refractivity contribution in [2.24, 2.45) is 0 Å². The Labute approximate surface area is 192 Å². The number of ether oxygens (including phenoxy) is 1. The zero-order valence-electron chi connectivity index (χ0n) is 18.3. The third-order valence-electron chi connectivity index (χ3n) is 6.05. The molecule has 8 nitrogen and oxygen atoms in total. The largest absolute Gasteiger partial charge is 0.439 e. The Hall–Kier alpha value is -3.43. The van der Waals surface area contributed by atoms with E-state index in [4.69, 9.17) is 4.74 Å². The summed E-state index contributed by atoms with van der Waals surface area (Å²) >= 11 is 0. The SMILES string of the molecule is CN(c1ccnc2[nH]ccc12)C1CCCN(S(=O)(=O)c2ccc(Oc3ccccn3)cc2)C1. The van der Waals surface area contributed by atoms with Crippen molar-refractivity contribution in [1.29, 1.82) is 0 Å². The summed E-state index contributed by atoms with van der Waals surface area (Å²) < 4.78 is 34.0. The summed E-state index contributed by atoms with van der Waals surface area (Å²) in [6.45, 7) is 0.939. The smallest absolute Gasteiger partial charge is 0.243 e. The number of likely N-dealkylation sites (N-methyl/N-ethyl adjacent to an activating group) is 1. The molecular weight excluding hydrogens is 438 g/mol. The maximum absolute atomic E-state index is 13.4. The van der Waals surface area contributed by atoms with Gasteiger partial charge in [0.1, 0.15) is 11.4 Å². The number of nitrogens with one attached hydrogen (secondary N) is 1. The van der Waals surface area contributed by atoms with E-state index in [9.17, 15) is 8.42 Å². The Morgan fingerprint density at radius 1 is 1.06 bits per heavy atom. The van der Waals surface area contributed by atoms with E-state index in [1.54, 1.807) is 53.1 Å². The zero-order chi connectivity index (χ0) is 22.8. The first-order valence-corrected chi connectivity index (χ1v) is 12.3. The molecule has 1 fully saturated rings. The van der Waals surface area contributed by atoms with Gasteiger partial charge in [0.2, 0.25) is 15.9 Å². The third-order valence-corrected chi connectivity index (χ3v) is 7.93. The van der Waals surface area contributed by atoms with E-state index in [0.29, 0.717) is 24.7 Å². The summed E-state index contributed by atoms with van der Waals surface area (Å²) in [5, 5.41) is 1.03. The van der Waals surface area contributed by atoms with Crippen LogP contribution in [0.5, 0.6) is 11.6 Å². The van der Waals surface area contributed by atoms with Crippen LogP contribution in [0.15, 0.2) is 78.1 Å². The van der Waals surface area contributed by atoms with E-state index in [1.165, 1.54) is 0 Å². The maximum Gasteiger partial charge on any atom is 0.243 e. The number of pyridine rings is 2. The van der Waals surface area contributed by atoms with Gasteiger partial charge in [0, 0.05) is 61.9 Å². The van der Waals surface area contributed by atoms with Gasteiger partial charge in [-0.3, -0.25) is 0 Å². The molecule has 0 bridgehead atoms. The minimum Gasteiger partial charge on any atom is -0.439 e. The van der Waals surface area contributed by atoms with Crippen molar-refractivity contribution in [2.45, 2.75) is 23.8 Å². The van der Waals surface area contributed by atoms with Gasteiger partial charge in [0.05, 0.1) is 4.90 Å². The molecule has 1 aliphatic rings. The number of hydrogen-bond acceptors (Lipinski definition) is 6. The van der Waals surface area contributed by atoms with E-state index < -0.39 is 10.0 Å². The van der Waals surface area contributed by atoms with Gasteiger partial charge in [0.15, 0.2) is 0 Å². The van der Waals surface area contributed by atoms with E-state index >= 15 is 0 Å². The molecule has 0 amide bonds. The number of nitrogens with zero attached hydrogens (tertiary/aromatic N) is 4. The molecule has 9 heteroatoms. The summed E-state index contributed by atoms with van der Waals surface area (Å²) in [6.07, 6.45) is 7.01. The van der Waals surface area contributed by atoms with Crippen LogP contribution in [0.3, 0.4) is 0 Å². The Balaban J connectivity index is 1.32. The molecule has 0 spiro atoms. The third kappa shape index (κ3) is 4.29. The van der Waals surface area contributed by atoms with Gasteiger partial charge in [-0.25, -0.2) is 18.4 Å². The molecule has 0 radical (unpaired) electrons. The highest BCUT2D eigenvalue weighted by Gasteiger charge is 2.32. The van der Waals surface area contributed by atoms with Crippen LogP contribution in [0, 0.1) is 0 Å². The van der Waals surface area contributed by atoms with Crippen LogP contribution in [0.4, 0.5) is 5.69 Å². The van der Waals surface area contributed by atoms with Gasteiger partial charge >= 0.3 is 0 Å². The van der Waals surface area contributed by atoms with Crippen molar-refractivity contribution in [3.8, 4) is 11.6 Å². The highest BCUT2D eigenvalue weighted by atomic mass is 32.2. The number of sulfonamides is 1. The number of fused-ring (bicyclic) bond motifs is 1. The van der Waals surface area contributed by atoms with E-state index in [0.717, 1.165) is 29.6 Å². The molecule has 4 aromatic rings. The lowest BCUT2D eigenvalue weighted by atomic mass is 10.1. The van der Waals surface area contributed by atoms with Crippen molar-refractivity contribution in [1.82, 2.24) is 19.3 Å². The number of benzene rings is 1. The van der Waals surface area contributed by atoms with Gasteiger partial charge in [0.25, 0.3) is 0 Å². The number of anilines is 1. The molecule has 1 unspecified atom stereocenters. The number of rotatable bonds is 6. The second-order valence-electron chi connectivity index (χ2n) is 8.08. The molecule has 33 heavy (non-hydrogen) atoms. The Morgan fingerprint density at radius 3 is 2.70 bits per heavy atom. The average molecular weight is 464 g/mol. The molecular formula is C24H25N5O3S. The Morgan fingerprint density at radius 2 is 1.91 bits per heavy atom. The first-order chi connectivity index (χ1) is 16.0. The van der Waals surface area contributed by atoms with E-state index in [2.05, 4.69) is 19.9 Å². The normalized spacial score (nSPS) is 17.2. The maximum atomic E-state index is 13.4. The molecule has 1 aromatic carbocycles. The highest BCUT2D eigenvalue weighted by Crippen LogP contribution is 2.30. The van der Waals surface area contributed by atoms with Crippen LogP contribution in [0.2, 0.25) is 0 Å². The van der Waals surface area contributed by atoms with Crippen molar-refractivity contribution < 1.29 is 13.2 Å². The van der Waals surface area contributed by atoms with Crippen LogP contribution in [0.25, 0.3) is 11.0 Å².